The molecule has 6 nitrogen and oxygen atoms in total. The molecule has 9 heteroatoms. The Morgan fingerprint density at radius 3 is 2.96 bits per heavy atom. The first-order chi connectivity index (χ1) is 13.5. The minimum atomic E-state index is -0.274. The second-order valence-corrected chi connectivity index (χ2v) is 8.12. The van der Waals surface area contributed by atoms with Gasteiger partial charge < -0.3 is 14.4 Å². The molecule has 1 aromatic carbocycles. The molecule has 1 saturated heterocycles. The van der Waals surface area contributed by atoms with Crippen LogP contribution in [0, 0.1) is 5.92 Å². The summed E-state index contributed by atoms with van der Waals surface area (Å²) < 4.78 is 10.7. The number of carbonyl (C=O) groups is 2. The number of likely N-dealkylation sites (tertiary alicyclic amines) is 1. The molecule has 0 saturated carbocycles. The van der Waals surface area contributed by atoms with Crippen molar-refractivity contribution in [1.82, 2.24) is 9.88 Å². The van der Waals surface area contributed by atoms with Crippen molar-refractivity contribution in [1.29, 1.82) is 0 Å². The molecule has 0 N–H and O–H groups in total. The van der Waals surface area contributed by atoms with Crippen molar-refractivity contribution in [2.45, 2.75) is 26.4 Å². The molecule has 2 aromatic rings. The van der Waals surface area contributed by atoms with Gasteiger partial charge in [0.15, 0.2) is 0 Å². The van der Waals surface area contributed by atoms with Gasteiger partial charge in [-0.15, -0.1) is 11.3 Å². The molecule has 1 atom stereocenters. The molecule has 1 aliphatic rings. The van der Waals surface area contributed by atoms with Gasteiger partial charge in [-0.2, -0.15) is 0 Å². The zero-order valence-electron chi connectivity index (χ0n) is 15.3. The molecule has 0 unspecified atom stereocenters. The van der Waals surface area contributed by atoms with E-state index in [-0.39, 0.29) is 24.4 Å². The third kappa shape index (κ3) is 5.16. The summed E-state index contributed by atoms with van der Waals surface area (Å²) in [6.07, 6.45) is 1.50. The van der Waals surface area contributed by atoms with Crippen LogP contribution in [0.25, 0.3) is 0 Å². The Morgan fingerprint density at radius 2 is 2.18 bits per heavy atom. The fourth-order valence-corrected chi connectivity index (χ4v) is 3.99. The number of nitrogens with zero attached hydrogens (tertiary/aromatic N) is 2. The van der Waals surface area contributed by atoms with Crippen LogP contribution in [0.4, 0.5) is 0 Å². The number of aromatic nitrogens is 1. The van der Waals surface area contributed by atoms with Gasteiger partial charge in [0.1, 0.15) is 23.1 Å². The number of benzene rings is 1. The lowest BCUT2D eigenvalue weighted by Gasteiger charge is -2.31. The van der Waals surface area contributed by atoms with Crippen LogP contribution < -0.4 is 4.74 Å². The third-order valence-electron chi connectivity index (χ3n) is 4.34. The number of thiazole rings is 1. The summed E-state index contributed by atoms with van der Waals surface area (Å²) in [6, 6.07) is 4.97. The predicted octanol–water partition coefficient (Wildman–Crippen LogP) is 4.44. The molecule has 3 rings (SSSR count). The van der Waals surface area contributed by atoms with E-state index < -0.39 is 0 Å². The van der Waals surface area contributed by atoms with Gasteiger partial charge in [-0.05, 0) is 31.9 Å². The van der Waals surface area contributed by atoms with E-state index >= 15 is 0 Å². The van der Waals surface area contributed by atoms with Gasteiger partial charge in [0, 0.05) is 29.6 Å². The van der Waals surface area contributed by atoms with Gasteiger partial charge in [0.25, 0.3) is 5.91 Å². The van der Waals surface area contributed by atoms with Crippen molar-refractivity contribution in [3.63, 3.8) is 0 Å². The predicted molar refractivity (Wildman–Crippen MR) is 108 cm³/mol. The van der Waals surface area contributed by atoms with Crippen LogP contribution in [0.3, 0.4) is 0 Å². The molecular weight excluding hydrogens is 423 g/mol. The maximum atomic E-state index is 12.8. The van der Waals surface area contributed by atoms with Gasteiger partial charge in [-0.3, -0.25) is 9.59 Å². The number of hydrogen-bond donors (Lipinski definition) is 0. The summed E-state index contributed by atoms with van der Waals surface area (Å²) in [5, 5.41) is 3.33. The van der Waals surface area contributed by atoms with Crippen molar-refractivity contribution >= 4 is 46.4 Å². The van der Waals surface area contributed by atoms with Crippen molar-refractivity contribution in [3.8, 4) is 5.75 Å². The smallest absolute Gasteiger partial charge is 0.310 e. The Bertz CT molecular complexity index is 858. The second kappa shape index (κ2) is 9.58. The summed E-state index contributed by atoms with van der Waals surface area (Å²) in [4.78, 5) is 30.8. The summed E-state index contributed by atoms with van der Waals surface area (Å²) >= 11 is 13.4. The molecule has 150 valence electrons. The van der Waals surface area contributed by atoms with E-state index in [4.69, 9.17) is 32.7 Å². The lowest BCUT2D eigenvalue weighted by atomic mass is 9.98. The van der Waals surface area contributed by atoms with Crippen LogP contribution in [0.1, 0.15) is 35.3 Å². The zero-order chi connectivity index (χ0) is 20.1. The minimum Gasteiger partial charge on any atom is -0.485 e. The highest BCUT2D eigenvalue weighted by Gasteiger charge is 2.30. The summed E-state index contributed by atoms with van der Waals surface area (Å²) in [5.74, 6) is -0.238. The number of esters is 1. The van der Waals surface area contributed by atoms with E-state index in [0.29, 0.717) is 46.2 Å². The molecule has 1 fully saturated rings. The summed E-state index contributed by atoms with van der Waals surface area (Å²) in [7, 11) is 0. The van der Waals surface area contributed by atoms with E-state index in [2.05, 4.69) is 4.98 Å². The van der Waals surface area contributed by atoms with E-state index in [0.717, 1.165) is 12.8 Å². The molecule has 1 aliphatic heterocycles. The fraction of sp³-hybridized carbons (Fsp3) is 0.421. The summed E-state index contributed by atoms with van der Waals surface area (Å²) in [6.45, 7) is 3.27. The maximum absolute atomic E-state index is 12.8. The first kappa shape index (κ1) is 20.9. The number of hydrogen-bond acceptors (Lipinski definition) is 6. The third-order valence-corrected chi connectivity index (χ3v) is 5.71. The number of piperidine rings is 1. The number of halogens is 2. The number of amides is 1. The molecule has 28 heavy (non-hydrogen) atoms. The second-order valence-electron chi connectivity index (χ2n) is 6.33. The Kier molecular flexibility index (Phi) is 7.15. The van der Waals surface area contributed by atoms with Crippen LogP contribution in [0.2, 0.25) is 10.0 Å². The van der Waals surface area contributed by atoms with E-state index in [1.165, 1.54) is 11.3 Å². The molecule has 0 radical (unpaired) electrons. The highest BCUT2D eigenvalue weighted by Crippen LogP contribution is 2.29. The molecular formula is C19H20Cl2N2O4S. The van der Waals surface area contributed by atoms with Crippen LogP contribution in [0.5, 0.6) is 5.75 Å². The number of rotatable bonds is 6. The van der Waals surface area contributed by atoms with Crippen molar-refractivity contribution in [2.24, 2.45) is 5.92 Å². The molecule has 0 bridgehead atoms. The van der Waals surface area contributed by atoms with Gasteiger partial charge in [-0.25, -0.2) is 4.98 Å². The minimum absolute atomic E-state index is 0.183. The van der Waals surface area contributed by atoms with Crippen molar-refractivity contribution < 1.29 is 19.1 Å². The first-order valence-corrected chi connectivity index (χ1v) is 10.6. The largest absolute Gasteiger partial charge is 0.485 e. The Balaban J connectivity index is 1.60. The highest BCUT2D eigenvalue weighted by atomic mass is 35.5. The van der Waals surface area contributed by atoms with Gasteiger partial charge in [-0.1, -0.05) is 23.2 Å². The van der Waals surface area contributed by atoms with Gasteiger partial charge in [0.05, 0.1) is 17.5 Å². The van der Waals surface area contributed by atoms with Crippen molar-refractivity contribution in [2.75, 3.05) is 19.7 Å². The summed E-state index contributed by atoms with van der Waals surface area (Å²) in [5.41, 5.74) is 0.352. The van der Waals surface area contributed by atoms with Crippen LogP contribution in [-0.2, 0) is 16.1 Å². The highest BCUT2D eigenvalue weighted by molar-refractivity contribution is 7.09. The monoisotopic (exact) mass is 442 g/mol. The first-order valence-electron chi connectivity index (χ1n) is 8.96. The quantitative estimate of drug-likeness (QED) is 0.618. The average molecular weight is 443 g/mol. The lowest BCUT2D eigenvalue weighted by molar-refractivity contribution is -0.149. The van der Waals surface area contributed by atoms with Crippen molar-refractivity contribution in [3.05, 3.63) is 44.3 Å². The Hall–Kier alpha value is -1.83. The van der Waals surface area contributed by atoms with Gasteiger partial charge >= 0.3 is 5.97 Å². The van der Waals surface area contributed by atoms with E-state index in [1.807, 2.05) is 0 Å². The van der Waals surface area contributed by atoms with Crippen LogP contribution >= 0.6 is 34.5 Å². The number of ether oxygens (including phenoxy) is 2. The Labute approximate surface area is 177 Å². The molecule has 0 spiro atoms. The van der Waals surface area contributed by atoms with Gasteiger partial charge in [0.2, 0.25) is 0 Å². The van der Waals surface area contributed by atoms with E-state index in [1.54, 1.807) is 35.4 Å². The number of carbonyl (C=O) groups excluding carboxylic acids is 2. The van der Waals surface area contributed by atoms with E-state index in [9.17, 15) is 9.59 Å². The topological polar surface area (TPSA) is 68.7 Å². The molecule has 1 amide bonds. The lowest BCUT2D eigenvalue weighted by Crippen LogP contribution is -2.43. The average Bonchev–Trinajstić information content (AvgIpc) is 3.17. The van der Waals surface area contributed by atoms with Crippen LogP contribution in [-0.4, -0.2) is 41.5 Å². The normalized spacial score (nSPS) is 16.7. The molecule has 1 aromatic heterocycles. The maximum Gasteiger partial charge on any atom is 0.310 e. The zero-order valence-corrected chi connectivity index (χ0v) is 17.6. The SMILES string of the molecule is CCOC(=O)[C@@H]1CCCN(C(=O)c2csc(COc3cc(Cl)ccc3Cl)n2)C1. The van der Waals surface area contributed by atoms with Crippen LogP contribution in [0.15, 0.2) is 23.6 Å². The molecule has 0 aliphatic carbocycles. The Morgan fingerprint density at radius 1 is 1.36 bits per heavy atom. The fourth-order valence-electron chi connectivity index (χ4n) is 2.98. The standard InChI is InChI=1S/C19H20Cl2N2O4S/c1-2-26-19(25)12-4-3-7-23(9-12)18(24)15-11-28-17(22-15)10-27-16-8-13(20)5-6-14(16)21/h5-6,8,11-12H,2-4,7,9-10H2,1H3/t12-/m1/s1. The molecule has 2 heterocycles.